The molecule has 5 heteroatoms. The lowest BCUT2D eigenvalue weighted by Gasteiger charge is -2.10. The van der Waals surface area contributed by atoms with Crippen molar-refractivity contribution in [3.05, 3.63) is 89.2 Å². The summed E-state index contributed by atoms with van der Waals surface area (Å²) in [7, 11) is 0. The summed E-state index contributed by atoms with van der Waals surface area (Å²) < 4.78 is 24.7. The first kappa shape index (κ1) is 23.7. The summed E-state index contributed by atoms with van der Waals surface area (Å²) in [6.45, 7) is 6.11. The van der Waals surface area contributed by atoms with Crippen LogP contribution in [0.2, 0.25) is 0 Å². The number of esters is 2. The standard InChI is InChI=1S/C28H25FO4/c1-4-6-22-9-12-24(17-26(22)29)28(31)33-25-15-13-21(14-16-25)20-7-10-23(11-8-20)27(30)32-18-19(3)5-2/h7-17,19H,5,18H2,1-3H3. The van der Waals surface area contributed by atoms with E-state index in [1.807, 2.05) is 19.1 Å². The van der Waals surface area contributed by atoms with E-state index in [9.17, 15) is 14.0 Å². The lowest BCUT2D eigenvalue weighted by molar-refractivity contribution is 0.0447. The van der Waals surface area contributed by atoms with E-state index in [0.29, 0.717) is 23.8 Å². The molecule has 0 spiro atoms. The first-order chi connectivity index (χ1) is 15.9. The van der Waals surface area contributed by atoms with Gasteiger partial charge < -0.3 is 9.47 Å². The zero-order valence-corrected chi connectivity index (χ0v) is 18.9. The van der Waals surface area contributed by atoms with Gasteiger partial charge in [0.25, 0.3) is 0 Å². The predicted molar refractivity (Wildman–Crippen MR) is 126 cm³/mol. The topological polar surface area (TPSA) is 52.6 Å². The fourth-order valence-corrected chi connectivity index (χ4v) is 2.98. The second kappa shape index (κ2) is 11.1. The van der Waals surface area contributed by atoms with Crippen molar-refractivity contribution < 1.29 is 23.5 Å². The van der Waals surface area contributed by atoms with Crippen LogP contribution in [0.1, 0.15) is 53.5 Å². The van der Waals surface area contributed by atoms with Gasteiger partial charge in [-0.15, -0.1) is 5.92 Å². The van der Waals surface area contributed by atoms with Gasteiger partial charge in [-0.2, -0.15) is 0 Å². The maximum atomic E-state index is 14.0. The average molecular weight is 445 g/mol. The first-order valence-electron chi connectivity index (χ1n) is 10.7. The molecule has 0 aliphatic heterocycles. The highest BCUT2D eigenvalue weighted by atomic mass is 19.1. The van der Waals surface area contributed by atoms with Gasteiger partial charge >= 0.3 is 11.9 Å². The molecule has 33 heavy (non-hydrogen) atoms. The Morgan fingerprint density at radius 2 is 1.52 bits per heavy atom. The van der Waals surface area contributed by atoms with E-state index in [1.54, 1.807) is 43.3 Å². The van der Waals surface area contributed by atoms with Gasteiger partial charge in [-0.05, 0) is 66.4 Å². The van der Waals surface area contributed by atoms with Gasteiger partial charge in [0.1, 0.15) is 11.6 Å². The van der Waals surface area contributed by atoms with Crippen LogP contribution in [0.5, 0.6) is 5.75 Å². The van der Waals surface area contributed by atoms with E-state index in [4.69, 9.17) is 9.47 Å². The molecule has 1 unspecified atom stereocenters. The van der Waals surface area contributed by atoms with Gasteiger partial charge in [0, 0.05) is 0 Å². The van der Waals surface area contributed by atoms with Gasteiger partial charge in [0.2, 0.25) is 0 Å². The molecule has 0 aliphatic carbocycles. The largest absolute Gasteiger partial charge is 0.462 e. The summed E-state index contributed by atoms with van der Waals surface area (Å²) in [6.07, 6.45) is 0.953. The third kappa shape index (κ3) is 6.30. The second-order valence-electron chi connectivity index (χ2n) is 7.67. The number of benzene rings is 3. The summed E-state index contributed by atoms with van der Waals surface area (Å²) in [5.41, 5.74) is 2.63. The lowest BCUT2D eigenvalue weighted by Crippen LogP contribution is -2.11. The van der Waals surface area contributed by atoms with Crippen molar-refractivity contribution in [2.45, 2.75) is 27.2 Å². The van der Waals surface area contributed by atoms with Crippen molar-refractivity contribution in [2.24, 2.45) is 5.92 Å². The second-order valence-corrected chi connectivity index (χ2v) is 7.67. The van der Waals surface area contributed by atoms with E-state index in [2.05, 4.69) is 18.8 Å². The molecule has 0 aromatic heterocycles. The molecule has 0 fully saturated rings. The Labute approximate surface area is 193 Å². The molecule has 0 radical (unpaired) electrons. The number of carbonyl (C=O) groups is 2. The molecular formula is C28H25FO4. The van der Waals surface area contributed by atoms with Crippen molar-refractivity contribution in [2.75, 3.05) is 6.61 Å². The Bertz CT molecular complexity index is 1190. The third-order valence-corrected chi connectivity index (χ3v) is 5.18. The number of rotatable bonds is 7. The SMILES string of the molecule is CC#Cc1ccc(C(=O)Oc2ccc(-c3ccc(C(=O)OCC(C)CC)cc3)cc2)cc1F. The molecule has 1 atom stereocenters. The minimum Gasteiger partial charge on any atom is -0.462 e. The van der Waals surface area contributed by atoms with Crippen LogP contribution in [0.3, 0.4) is 0 Å². The maximum absolute atomic E-state index is 14.0. The molecule has 0 saturated carbocycles. The quantitative estimate of drug-likeness (QED) is 0.244. The number of carbonyl (C=O) groups excluding carboxylic acids is 2. The number of hydrogen-bond acceptors (Lipinski definition) is 4. The minimum absolute atomic E-state index is 0.106. The third-order valence-electron chi connectivity index (χ3n) is 5.18. The maximum Gasteiger partial charge on any atom is 0.343 e. The molecule has 0 aliphatic rings. The molecule has 3 rings (SSSR count). The van der Waals surface area contributed by atoms with E-state index in [-0.39, 0.29) is 17.1 Å². The van der Waals surface area contributed by atoms with Crippen LogP contribution in [0.4, 0.5) is 4.39 Å². The number of halogens is 1. The van der Waals surface area contributed by atoms with Crippen LogP contribution >= 0.6 is 0 Å². The first-order valence-corrected chi connectivity index (χ1v) is 10.7. The van der Waals surface area contributed by atoms with Crippen LogP contribution in [0.15, 0.2) is 66.7 Å². The number of hydrogen-bond donors (Lipinski definition) is 0. The van der Waals surface area contributed by atoms with Crippen LogP contribution < -0.4 is 4.74 Å². The highest BCUT2D eigenvalue weighted by molar-refractivity contribution is 5.91. The Morgan fingerprint density at radius 1 is 0.909 bits per heavy atom. The van der Waals surface area contributed by atoms with Crippen molar-refractivity contribution >= 4 is 11.9 Å². The summed E-state index contributed by atoms with van der Waals surface area (Å²) in [5.74, 6) is 4.36. The summed E-state index contributed by atoms with van der Waals surface area (Å²) >= 11 is 0. The van der Waals surface area contributed by atoms with Gasteiger partial charge in [0.15, 0.2) is 0 Å². The summed E-state index contributed by atoms with van der Waals surface area (Å²) in [4.78, 5) is 24.5. The molecule has 0 bridgehead atoms. The summed E-state index contributed by atoms with van der Waals surface area (Å²) in [6, 6.07) is 18.1. The Morgan fingerprint density at radius 3 is 2.09 bits per heavy atom. The fraction of sp³-hybridized carbons (Fsp3) is 0.214. The van der Waals surface area contributed by atoms with Gasteiger partial charge in [-0.25, -0.2) is 14.0 Å². The fourth-order valence-electron chi connectivity index (χ4n) is 2.98. The lowest BCUT2D eigenvalue weighted by atomic mass is 10.0. The van der Waals surface area contributed by atoms with Crippen LogP contribution in [0.25, 0.3) is 11.1 Å². The van der Waals surface area contributed by atoms with E-state index in [1.165, 1.54) is 12.1 Å². The number of ether oxygens (including phenoxy) is 2. The van der Waals surface area contributed by atoms with E-state index in [0.717, 1.165) is 23.6 Å². The molecule has 3 aromatic rings. The van der Waals surface area contributed by atoms with Crippen molar-refractivity contribution in [1.29, 1.82) is 0 Å². The highest BCUT2D eigenvalue weighted by Crippen LogP contribution is 2.24. The molecule has 0 heterocycles. The van der Waals surface area contributed by atoms with E-state index < -0.39 is 11.8 Å². The van der Waals surface area contributed by atoms with Crippen molar-refractivity contribution in [3.63, 3.8) is 0 Å². The Kier molecular flexibility index (Phi) is 7.99. The zero-order valence-electron chi connectivity index (χ0n) is 18.9. The van der Waals surface area contributed by atoms with Crippen LogP contribution in [-0.2, 0) is 4.74 Å². The van der Waals surface area contributed by atoms with Gasteiger partial charge in [-0.1, -0.05) is 50.5 Å². The van der Waals surface area contributed by atoms with Gasteiger partial charge in [0.05, 0.1) is 23.3 Å². The smallest absolute Gasteiger partial charge is 0.343 e. The van der Waals surface area contributed by atoms with Crippen LogP contribution in [-0.4, -0.2) is 18.5 Å². The Hall–Kier alpha value is -3.91. The summed E-state index contributed by atoms with van der Waals surface area (Å²) in [5, 5.41) is 0. The molecule has 4 nitrogen and oxygen atoms in total. The normalized spacial score (nSPS) is 11.2. The molecule has 0 N–H and O–H groups in total. The molecule has 0 amide bonds. The zero-order chi connectivity index (χ0) is 23.8. The van der Waals surface area contributed by atoms with Crippen LogP contribution in [0, 0.1) is 23.6 Å². The minimum atomic E-state index is -0.655. The van der Waals surface area contributed by atoms with Crippen molar-refractivity contribution in [1.82, 2.24) is 0 Å². The molecule has 3 aromatic carbocycles. The molecular weight excluding hydrogens is 419 g/mol. The van der Waals surface area contributed by atoms with E-state index >= 15 is 0 Å². The average Bonchev–Trinajstić information content (AvgIpc) is 2.84. The highest BCUT2D eigenvalue weighted by Gasteiger charge is 2.12. The molecule has 0 saturated heterocycles. The van der Waals surface area contributed by atoms with Crippen molar-refractivity contribution in [3.8, 4) is 28.7 Å². The monoisotopic (exact) mass is 444 g/mol. The van der Waals surface area contributed by atoms with Gasteiger partial charge in [-0.3, -0.25) is 0 Å². The Balaban J connectivity index is 1.64. The predicted octanol–water partition coefficient (Wildman–Crippen LogP) is 6.29. The molecule has 168 valence electrons.